The maximum atomic E-state index is 13.4. The lowest BCUT2D eigenvalue weighted by atomic mass is 10.2. The lowest BCUT2D eigenvalue weighted by Gasteiger charge is -2.12. The van der Waals surface area contributed by atoms with E-state index in [9.17, 15) is 13.2 Å². The second kappa shape index (κ2) is 5.49. The van der Waals surface area contributed by atoms with Gasteiger partial charge in [-0.05, 0) is 12.1 Å². The van der Waals surface area contributed by atoms with Crippen molar-refractivity contribution in [2.45, 2.75) is 6.18 Å². The molecule has 3 rings (SSSR count). The smallest absolute Gasteiger partial charge is 0.450 e. The Hall–Kier alpha value is -2.70. The molecule has 0 fully saturated rings. The summed E-state index contributed by atoms with van der Waals surface area (Å²) in [4.78, 5) is 3.75. The minimum atomic E-state index is -4.59. The first-order chi connectivity index (χ1) is 11.0. The summed E-state index contributed by atoms with van der Waals surface area (Å²) >= 11 is 0. The van der Waals surface area contributed by atoms with Gasteiger partial charge in [0, 0.05) is 17.8 Å². The molecule has 0 amide bonds. The quantitative estimate of drug-likeness (QED) is 0.729. The topological polar surface area (TPSA) is 36.3 Å². The monoisotopic (exact) mass is 322 g/mol. The highest BCUT2D eigenvalue weighted by Crippen LogP contribution is 2.38. The van der Waals surface area contributed by atoms with Crippen molar-refractivity contribution in [1.29, 1.82) is 0 Å². The molecule has 0 saturated carbocycles. The zero-order chi connectivity index (χ0) is 16.6. The Morgan fingerprint density at radius 2 is 1.57 bits per heavy atom. The number of imidazole rings is 1. The third kappa shape index (κ3) is 2.58. The first-order valence-electron chi connectivity index (χ1n) is 6.73. The van der Waals surface area contributed by atoms with E-state index in [-0.39, 0.29) is 5.52 Å². The summed E-state index contributed by atoms with van der Waals surface area (Å²) in [7, 11) is 2.85. The van der Waals surface area contributed by atoms with Gasteiger partial charge in [-0.3, -0.25) is 4.57 Å². The van der Waals surface area contributed by atoms with Crippen LogP contribution in [0.4, 0.5) is 13.2 Å². The van der Waals surface area contributed by atoms with Crippen molar-refractivity contribution in [2.24, 2.45) is 0 Å². The van der Waals surface area contributed by atoms with E-state index >= 15 is 0 Å². The van der Waals surface area contributed by atoms with Crippen molar-refractivity contribution in [3.63, 3.8) is 0 Å². The van der Waals surface area contributed by atoms with E-state index in [1.807, 2.05) is 0 Å². The van der Waals surface area contributed by atoms with E-state index in [0.29, 0.717) is 22.7 Å². The summed E-state index contributed by atoms with van der Waals surface area (Å²) in [6.45, 7) is 0. The molecule has 0 atom stereocenters. The second-order valence-corrected chi connectivity index (χ2v) is 4.80. The molecule has 0 radical (unpaired) electrons. The average molecular weight is 322 g/mol. The molecule has 0 aliphatic carbocycles. The number of para-hydroxylation sites is 1. The Labute approximate surface area is 130 Å². The molecular formula is C16H13F3N2O2. The van der Waals surface area contributed by atoms with Gasteiger partial charge in [0.05, 0.1) is 25.3 Å². The van der Waals surface area contributed by atoms with Crippen LogP contribution in [-0.4, -0.2) is 23.8 Å². The number of methoxy groups -OCH3 is 2. The lowest BCUT2D eigenvalue weighted by molar-refractivity contribution is -0.145. The number of aromatic nitrogens is 2. The number of hydrogen-bond acceptors (Lipinski definition) is 3. The van der Waals surface area contributed by atoms with Crippen LogP contribution >= 0.6 is 0 Å². The molecule has 0 saturated heterocycles. The fourth-order valence-corrected chi connectivity index (χ4v) is 2.43. The molecule has 0 unspecified atom stereocenters. The largest absolute Gasteiger partial charge is 0.493 e. The van der Waals surface area contributed by atoms with Crippen molar-refractivity contribution in [2.75, 3.05) is 14.2 Å². The maximum Gasteiger partial charge on any atom is 0.450 e. The third-order valence-corrected chi connectivity index (χ3v) is 3.43. The Morgan fingerprint density at radius 1 is 0.957 bits per heavy atom. The Bertz CT molecular complexity index is 842. The molecule has 4 nitrogen and oxygen atoms in total. The van der Waals surface area contributed by atoms with Gasteiger partial charge in [0.2, 0.25) is 5.82 Å². The van der Waals surface area contributed by atoms with Crippen LogP contribution in [0.2, 0.25) is 0 Å². The normalized spacial score (nSPS) is 11.7. The molecule has 120 valence electrons. The van der Waals surface area contributed by atoms with Gasteiger partial charge in [-0.25, -0.2) is 4.98 Å². The SMILES string of the molecule is COc1cc2nc(C(F)(F)F)n(-c3ccccc3)c2cc1OC. The van der Waals surface area contributed by atoms with Crippen LogP contribution in [0.1, 0.15) is 5.82 Å². The molecule has 3 aromatic rings. The number of hydrogen-bond donors (Lipinski definition) is 0. The van der Waals surface area contributed by atoms with Crippen molar-refractivity contribution in [1.82, 2.24) is 9.55 Å². The number of fused-ring (bicyclic) bond motifs is 1. The summed E-state index contributed by atoms with van der Waals surface area (Å²) in [5.74, 6) is -0.328. The molecule has 7 heteroatoms. The average Bonchev–Trinajstić information content (AvgIpc) is 2.92. The molecule has 23 heavy (non-hydrogen) atoms. The van der Waals surface area contributed by atoms with Crippen LogP contribution in [0.25, 0.3) is 16.7 Å². The molecule has 0 spiro atoms. The summed E-state index contributed by atoms with van der Waals surface area (Å²) in [5.41, 5.74) is 0.842. The number of benzene rings is 2. The van der Waals surface area contributed by atoms with Gasteiger partial charge in [-0.2, -0.15) is 13.2 Å². The Balaban J connectivity index is 2.38. The number of halogens is 3. The van der Waals surface area contributed by atoms with E-state index in [1.165, 1.54) is 26.4 Å². The molecule has 1 aromatic heterocycles. The first-order valence-corrected chi connectivity index (χ1v) is 6.73. The fourth-order valence-electron chi connectivity index (χ4n) is 2.43. The predicted octanol–water partition coefficient (Wildman–Crippen LogP) is 4.06. The van der Waals surface area contributed by atoms with Crippen LogP contribution in [0.5, 0.6) is 11.5 Å². The van der Waals surface area contributed by atoms with Crippen LogP contribution in [0, 0.1) is 0 Å². The minimum absolute atomic E-state index is 0.179. The zero-order valence-corrected chi connectivity index (χ0v) is 12.4. The van der Waals surface area contributed by atoms with Gasteiger partial charge in [0.25, 0.3) is 0 Å². The van der Waals surface area contributed by atoms with Crippen LogP contribution in [0.3, 0.4) is 0 Å². The van der Waals surface area contributed by atoms with E-state index in [0.717, 1.165) is 4.57 Å². The van der Waals surface area contributed by atoms with Gasteiger partial charge in [0.1, 0.15) is 0 Å². The number of nitrogens with zero attached hydrogens (tertiary/aromatic N) is 2. The summed E-state index contributed by atoms with van der Waals surface area (Å²) < 4.78 is 51.6. The van der Waals surface area contributed by atoms with E-state index in [1.54, 1.807) is 30.3 Å². The van der Waals surface area contributed by atoms with Gasteiger partial charge in [-0.15, -0.1) is 0 Å². The summed E-state index contributed by atoms with van der Waals surface area (Å²) in [6, 6.07) is 11.2. The standard InChI is InChI=1S/C16H13F3N2O2/c1-22-13-8-11-12(9-14(13)23-2)21(10-6-4-3-5-7-10)15(20-11)16(17,18)19/h3-9H,1-2H3. The Morgan fingerprint density at radius 3 is 2.13 bits per heavy atom. The molecule has 0 aliphatic heterocycles. The van der Waals surface area contributed by atoms with Crippen LogP contribution in [0.15, 0.2) is 42.5 Å². The number of rotatable bonds is 3. The van der Waals surface area contributed by atoms with Gasteiger partial charge < -0.3 is 9.47 Å². The molecule has 2 aromatic carbocycles. The second-order valence-electron chi connectivity index (χ2n) is 4.80. The van der Waals surface area contributed by atoms with E-state index in [4.69, 9.17) is 9.47 Å². The highest BCUT2D eigenvalue weighted by Gasteiger charge is 2.38. The maximum absolute atomic E-state index is 13.4. The fraction of sp³-hybridized carbons (Fsp3) is 0.188. The van der Waals surface area contributed by atoms with Crippen LogP contribution < -0.4 is 9.47 Å². The molecular weight excluding hydrogens is 309 g/mol. The first kappa shape index (κ1) is 15.2. The summed E-state index contributed by atoms with van der Waals surface area (Å²) in [5, 5.41) is 0. The highest BCUT2D eigenvalue weighted by molar-refractivity contribution is 5.82. The van der Waals surface area contributed by atoms with Crippen molar-refractivity contribution in [3.05, 3.63) is 48.3 Å². The molecule has 0 bridgehead atoms. The zero-order valence-electron chi connectivity index (χ0n) is 12.4. The third-order valence-electron chi connectivity index (χ3n) is 3.43. The number of ether oxygens (including phenoxy) is 2. The van der Waals surface area contributed by atoms with Crippen LogP contribution in [-0.2, 0) is 6.18 Å². The summed E-state index contributed by atoms with van der Waals surface area (Å²) in [6.07, 6.45) is -4.59. The number of alkyl halides is 3. The van der Waals surface area contributed by atoms with E-state index in [2.05, 4.69) is 4.98 Å². The molecule has 1 heterocycles. The molecule has 0 aliphatic rings. The molecule has 0 N–H and O–H groups in total. The van der Waals surface area contributed by atoms with Crippen molar-refractivity contribution < 1.29 is 22.6 Å². The van der Waals surface area contributed by atoms with Gasteiger partial charge >= 0.3 is 6.18 Å². The lowest BCUT2D eigenvalue weighted by Crippen LogP contribution is -2.13. The van der Waals surface area contributed by atoms with E-state index < -0.39 is 12.0 Å². The van der Waals surface area contributed by atoms with Crippen molar-refractivity contribution in [3.8, 4) is 17.2 Å². The van der Waals surface area contributed by atoms with Crippen molar-refractivity contribution >= 4 is 11.0 Å². The highest BCUT2D eigenvalue weighted by atomic mass is 19.4. The van der Waals surface area contributed by atoms with Gasteiger partial charge in [0.15, 0.2) is 11.5 Å². The predicted molar refractivity (Wildman–Crippen MR) is 79.2 cm³/mol. The Kier molecular flexibility index (Phi) is 3.63. The van der Waals surface area contributed by atoms with Gasteiger partial charge in [-0.1, -0.05) is 18.2 Å². The minimum Gasteiger partial charge on any atom is -0.493 e.